The summed E-state index contributed by atoms with van der Waals surface area (Å²) < 4.78 is 5.35. The van der Waals surface area contributed by atoms with E-state index in [9.17, 15) is 9.59 Å². The predicted octanol–water partition coefficient (Wildman–Crippen LogP) is 4.23. The first-order valence-corrected chi connectivity index (χ1v) is 11.3. The monoisotopic (exact) mass is 420 g/mol. The third-order valence-corrected chi connectivity index (χ3v) is 6.95. The second-order valence-electron chi connectivity index (χ2n) is 8.81. The van der Waals surface area contributed by atoms with E-state index >= 15 is 0 Å². The van der Waals surface area contributed by atoms with Gasteiger partial charge in [-0.15, -0.1) is 0 Å². The van der Waals surface area contributed by atoms with Gasteiger partial charge in [0.2, 0.25) is 5.91 Å². The van der Waals surface area contributed by atoms with Crippen LogP contribution < -0.4 is 0 Å². The van der Waals surface area contributed by atoms with Crippen molar-refractivity contribution in [2.75, 3.05) is 27.3 Å². The minimum atomic E-state index is -0.482. The van der Waals surface area contributed by atoms with E-state index in [1.807, 2.05) is 71.4 Å². The summed E-state index contributed by atoms with van der Waals surface area (Å²) in [5, 5.41) is 0. The van der Waals surface area contributed by atoms with Gasteiger partial charge in [-0.05, 0) is 30.0 Å². The van der Waals surface area contributed by atoms with Crippen molar-refractivity contribution >= 4 is 11.8 Å². The van der Waals surface area contributed by atoms with E-state index < -0.39 is 5.54 Å². The third-order valence-electron chi connectivity index (χ3n) is 6.95. The molecule has 1 aliphatic heterocycles. The first-order chi connectivity index (χ1) is 15.1. The highest BCUT2D eigenvalue weighted by Crippen LogP contribution is 2.49. The van der Waals surface area contributed by atoms with Gasteiger partial charge in [-0.3, -0.25) is 9.59 Å². The fraction of sp³-hybridized carbons (Fsp3) is 0.462. The summed E-state index contributed by atoms with van der Waals surface area (Å²) in [6, 6.07) is 17.8. The van der Waals surface area contributed by atoms with Gasteiger partial charge < -0.3 is 14.5 Å². The van der Waals surface area contributed by atoms with Crippen molar-refractivity contribution in [1.29, 1.82) is 0 Å². The van der Waals surface area contributed by atoms with Gasteiger partial charge in [0.25, 0.3) is 5.91 Å². The molecule has 5 heteroatoms. The molecule has 2 aliphatic rings. The predicted molar refractivity (Wildman–Crippen MR) is 121 cm³/mol. The van der Waals surface area contributed by atoms with Crippen LogP contribution in [0.4, 0.5) is 0 Å². The van der Waals surface area contributed by atoms with Crippen molar-refractivity contribution < 1.29 is 14.3 Å². The van der Waals surface area contributed by atoms with Gasteiger partial charge in [0.15, 0.2) is 0 Å². The van der Waals surface area contributed by atoms with E-state index in [1.165, 1.54) is 0 Å². The minimum Gasteiger partial charge on any atom is -0.383 e. The molecule has 1 atom stereocenters. The number of carbonyl (C=O) groups excluding carboxylic acids is 2. The van der Waals surface area contributed by atoms with Crippen LogP contribution in [0.1, 0.15) is 59.5 Å². The summed E-state index contributed by atoms with van der Waals surface area (Å²) in [6.45, 7) is 1.53. The van der Waals surface area contributed by atoms with Crippen molar-refractivity contribution in [3.05, 3.63) is 71.3 Å². The number of hydrogen-bond donors (Lipinski definition) is 0. The molecule has 1 saturated carbocycles. The number of carbonyl (C=O) groups is 2. The lowest BCUT2D eigenvalue weighted by molar-refractivity contribution is -0.137. The highest BCUT2D eigenvalue weighted by atomic mass is 16.5. The first-order valence-electron chi connectivity index (χ1n) is 11.3. The van der Waals surface area contributed by atoms with Crippen LogP contribution in [0.5, 0.6) is 0 Å². The Labute approximate surface area is 185 Å². The summed E-state index contributed by atoms with van der Waals surface area (Å²) >= 11 is 0. The van der Waals surface area contributed by atoms with Crippen LogP contribution >= 0.6 is 0 Å². The Bertz CT molecular complexity index is 921. The SMILES string of the molecule is COCCN1C(=O)c2ccccc2C(C(=O)N(C)Cc2ccccc2)C12CCCCC2. The molecule has 0 bridgehead atoms. The zero-order valence-corrected chi connectivity index (χ0v) is 18.5. The lowest BCUT2D eigenvalue weighted by Gasteiger charge is -2.54. The molecule has 164 valence electrons. The standard InChI is InChI=1S/C26H32N2O3/c1-27(19-20-11-5-3-6-12-20)25(30)23-21-13-7-8-14-22(21)24(29)28(17-18-31-2)26(23)15-9-4-10-16-26/h3,5-8,11-14,23H,4,9-10,15-19H2,1-2H3. The topological polar surface area (TPSA) is 49.9 Å². The van der Waals surface area contributed by atoms with Gasteiger partial charge in [0.05, 0.1) is 18.1 Å². The highest BCUT2D eigenvalue weighted by molar-refractivity contribution is 6.02. The van der Waals surface area contributed by atoms with Crippen molar-refractivity contribution in [2.24, 2.45) is 0 Å². The average Bonchev–Trinajstić information content (AvgIpc) is 2.80. The van der Waals surface area contributed by atoms with Gasteiger partial charge in [0, 0.05) is 32.8 Å². The van der Waals surface area contributed by atoms with Crippen molar-refractivity contribution in [3.63, 3.8) is 0 Å². The number of likely N-dealkylation sites (N-methyl/N-ethyl adjacent to an activating group) is 1. The molecule has 0 radical (unpaired) electrons. The molecular formula is C26H32N2O3. The van der Waals surface area contributed by atoms with Crippen molar-refractivity contribution in [1.82, 2.24) is 9.80 Å². The molecule has 0 N–H and O–H groups in total. The highest BCUT2D eigenvalue weighted by Gasteiger charge is 2.54. The maximum Gasteiger partial charge on any atom is 0.254 e. The number of benzene rings is 2. The maximum absolute atomic E-state index is 14.0. The Kier molecular flexibility index (Phi) is 6.42. The molecule has 1 aliphatic carbocycles. The molecule has 2 aromatic rings. The fourth-order valence-electron chi connectivity index (χ4n) is 5.48. The summed E-state index contributed by atoms with van der Waals surface area (Å²) in [6.07, 6.45) is 4.92. The van der Waals surface area contributed by atoms with Gasteiger partial charge in [-0.1, -0.05) is 67.8 Å². The number of ether oxygens (including phenoxy) is 1. The Morgan fingerprint density at radius 2 is 1.74 bits per heavy atom. The van der Waals surface area contributed by atoms with E-state index in [2.05, 4.69) is 0 Å². The second kappa shape index (κ2) is 9.23. The normalized spacial score (nSPS) is 19.9. The van der Waals surface area contributed by atoms with Gasteiger partial charge in [0.1, 0.15) is 0 Å². The van der Waals surface area contributed by atoms with Crippen LogP contribution in [0, 0.1) is 0 Å². The van der Waals surface area contributed by atoms with Gasteiger partial charge in [-0.2, -0.15) is 0 Å². The van der Waals surface area contributed by atoms with E-state index in [0.29, 0.717) is 25.3 Å². The van der Waals surface area contributed by atoms with E-state index in [1.54, 1.807) is 7.11 Å². The van der Waals surface area contributed by atoms with E-state index in [4.69, 9.17) is 4.74 Å². The Hall–Kier alpha value is -2.66. The number of nitrogens with zero attached hydrogens (tertiary/aromatic N) is 2. The molecule has 1 heterocycles. The Morgan fingerprint density at radius 1 is 1.06 bits per heavy atom. The summed E-state index contributed by atoms with van der Waals surface area (Å²) in [5.41, 5.74) is 2.16. The molecule has 31 heavy (non-hydrogen) atoms. The molecule has 0 saturated heterocycles. The minimum absolute atomic E-state index is 0.0318. The quantitative estimate of drug-likeness (QED) is 0.703. The maximum atomic E-state index is 14.0. The molecule has 2 amide bonds. The molecule has 1 fully saturated rings. The number of hydrogen-bond acceptors (Lipinski definition) is 3. The number of fused-ring (bicyclic) bond motifs is 1. The fourth-order valence-corrected chi connectivity index (χ4v) is 5.48. The lowest BCUT2D eigenvalue weighted by atomic mass is 9.65. The number of rotatable bonds is 6. The molecule has 0 aromatic heterocycles. The Morgan fingerprint density at radius 3 is 2.45 bits per heavy atom. The summed E-state index contributed by atoms with van der Waals surface area (Å²) in [5.74, 6) is -0.232. The molecule has 1 spiro atoms. The van der Waals surface area contributed by atoms with Crippen LogP contribution in [0.2, 0.25) is 0 Å². The van der Waals surface area contributed by atoms with Crippen LogP contribution in [-0.2, 0) is 16.1 Å². The zero-order chi connectivity index (χ0) is 21.8. The molecule has 4 rings (SSSR count). The van der Waals surface area contributed by atoms with Crippen LogP contribution in [0.3, 0.4) is 0 Å². The van der Waals surface area contributed by atoms with Crippen molar-refractivity contribution in [2.45, 2.75) is 50.1 Å². The molecule has 1 unspecified atom stereocenters. The van der Waals surface area contributed by atoms with E-state index in [0.717, 1.165) is 43.2 Å². The summed E-state index contributed by atoms with van der Waals surface area (Å²) in [7, 11) is 3.54. The zero-order valence-electron chi connectivity index (χ0n) is 18.5. The van der Waals surface area contributed by atoms with Crippen LogP contribution in [-0.4, -0.2) is 54.5 Å². The van der Waals surface area contributed by atoms with Crippen LogP contribution in [0.15, 0.2) is 54.6 Å². The number of amides is 2. The number of methoxy groups -OCH3 is 1. The second-order valence-corrected chi connectivity index (χ2v) is 8.81. The van der Waals surface area contributed by atoms with Crippen molar-refractivity contribution in [3.8, 4) is 0 Å². The molecule has 5 nitrogen and oxygen atoms in total. The molecular weight excluding hydrogens is 388 g/mol. The van der Waals surface area contributed by atoms with Gasteiger partial charge >= 0.3 is 0 Å². The van der Waals surface area contributed by atoms with Crippen LogP contribution in [0.25, 0.3) is 0 Å². The largest absolute Gasteiger partial charge is 0.383 e. The first kappa shape index (κ1) is 21.6. The lowest BCUT2D eigenvalue weighted by Crippen LogP contribution is -2.63. The molecule has 2 aromatic carbocycles. The summed E-state index contributed by atoms with van der Waals surface area (Å²) in [4.78, 5) is 31.4. The smallest absolute Gasteiger partial charge is 0.254 e. The average molecular weight is 421 g/mol. The third kappa shape index (κ3) is 3.99. The Balaban J connectivity index is 1.77. The van der Waals surface area contributed by atoms with Gasteiger partial charge in [-0.25, -0.2) is 0 Å². The van der Waals surface area contributed by atoms with E-state index in [-0.39, 0.29) is 17.7 Å².